The summed E-state index contributed by atoms with van der Waals surface area (Å²) in [5.41, 5.74) is 1.40. The number of carbonyl (C=O) groups excluding carboxylic acids is 2. The van der Waals surface area contributed by atoms with Crippen molar-refractivity contribution >= 4 is 48.1 Å². The molecule has 2 heterocycles. The molecule has 1 N–H and O–H groups in total. The number of rotatable bonds is 6. The number of methoxy groups -OCH3 is 1. The van der Waals surface area contributed by atoms with Crippen molar-refractivity contribution in [3.63, 3.8) is 0 Å². The monoisotopic (exact) mass is 540 g/mol. The lowest BCUT2D eigenvalue weighted by molar-refractivity contribution is -0.120. The molecule has 0 atom stereocenters. The Kier molecular flexibility index (Phi) is 7.37. The van der Waals surface area contributed by atoms with Crippen molar-refractivity contribution in [3.8, 4) is 0 Å². The number of esters is 1. The van der Waals surface area contributed by atoms with Crippen LogP contribution in [0.1, 0.15) is 46.5 Å². The van der Waals surface area contributed by atoms with Gasteiger partial charge in [-0.1, -0.05) is 6.07 Å². The highest BCUT2D eigenvalue weighted by atomic mass is 32.2. The quantitative estimate of drug-likeness (QED) is 0.558. The van der Waals surface area contributed by atoms with Crippen molar-refractivity contribution in [1.29, 1.82) is 0 Å². The van der Waals surface area contributed by atoms with Crippen molar-refractivity contribution < 1.29 is 31.2 Å². The van der Waals surface area contributed by atoms with E-state index in [0.717, 1.165) is 48.4 Å². The molecule has 0 unspecified atom stereocenters. The summed E-state index contributed by atoms with van der Waals surface area (Å²) in [6.07, 6.45) is 5.34. The number of fused-ring (bicyclic) bond motifs is 1. The number of piperidine rings is 1. The molecule has 9 nitrogen and oxygen atoms in total. The number of aryl methyl sites for hydroxylation is 1. The predicted molar refractivity (Wildman–Crippen MR) is 132 cm³/mol. The van der Waals surface area contributed by atoms with Gasteiger partial charge in [0.25, 0.3) is 0 Å². The van der Waals surface area contributed by atoms with Crippen molar-refractivity contribution in [2.24, 2.45) is 5.92 Å². The van der Waals surface area contributed by atoms with Crippen LogP contribution in [0.5, 0.6) is 0 Å². The van der Waals surface area contributed by atoms with Crippen LogP contribution in [0.2, 0.25) is 0 Å². The first-order chi connectivity index (χ1) is 16.5. The summed E-state index contributed by atoms with van der Waals surface area (Å²) in [4.78, 5) is 26.4. The second kappa shape index (κ2) is 10.00. The Labute approximate surface area is 209 Å². The maximum absolute atomic E-state index is 13.1. The molecule has 35 heavy (non-hydrogen) atoms. The smallest absolute Gasteiger partial charge is 0.341 e. The molecular formula is C23H28N2O7S3. The summed E-state index contributed by atoms with van der Waals surface area (Å²) in [5.74, 6) is -1.12. The molecule has 1 aliphatic carbocycles. The molecular weight excluding hydrogens is 512 g/mol. The molecule has 0 saturated carbocycles. The lowest BCUT2D eigenvalue weighted by atomic mass is 9.95. The van der Waals surface area contributed by atoms with Crippen molar-refractivity contribution in [1.82, 2.24) is 4.31 Å². The Morgan fingerprint density at radius 1 is 1.06 bits per heavy atom. The third kappa shape index (κ3) is 5.30. The lowest BCUT2D eigenvalue weighted by Gasteiger charge is -2.30. The lowest BCUT2D eigenvalue weighted by Crippen LogP contribution is -2.41. The van der Waals surface area contributed by atoms with Gasteiger partial charge in [-0.3, -0.25) is 4.79 Å². The topological polar surface area (TPSA) is 127 Å². The average Bonchev–Trinajstić information content (AvgIpc) is 3.21. The number of sulfonamides is 1. The van der Waals surface area contributed by atoms with Gasteiger partial charge in [0.15, 0.2) is 9.84 Å². The fourth-order valence-electron chi connectivity index (χ4n) is 4.56. The van der Waals surface area contributed by atoms with Gasteiger partial charge in [0.2, 0.25) is 15.9 Å². The molecule has 12 heteroatoms. The molecule has 0 radical (unpaired) electrons. The number of nitrogens with zero attached hydrogens (tertiary/aromatic N) is 1. The van der Waals surface area contributed by atoms with Crippen LogP contribution in [0, 0.1) is 5.92 Å². The maximum atomic E-state index is 13.1. The molecule has 1 fully saturated rings. The van der Waals surface area contributed by atoms with E-state index < -0.39 is 31.7 Å². The molecule has 4 rings (SSSR count). The first-order valence-corrected chi connectivity index (χ1v) is 15.5. The van der Waals surface area contributed by atoms with E-state index in [1.54, 1.807) is 0 Å². The zero-order chi connectivity index (χ0) is 25.4. The summed E-state index contributed by atoms with van der Waals surface area (Å²) < 4.78 is 56.0. The van der Waals surface area contributed by atoms with Crippen LogP contribution < -0.4 is 5.32 Å². The molecule has 190 valence electrons. The van der Waals surface area contributed by atoms with E-state index in [0.29, 0.717) is 23.4 Å². The SMILES string of the molecule is COC(=O)c1c(NC(=O)C2CCN(S(=O)(=O)c3cccc(S(C)(=O)=O)c3)CC2)sc2c1CCCC2. The average molecular weight is 541 g/mol. The van der Waals surface area contributed by atoms with Crippen LogP contribution in [0.3, 0.4) is 0 Å². The number of ether oxygens (including phenoxy) is 1. The molecule has 1 aromatic heterocycles. The maximum Gasteiger partial charge on any atom is 0.341 e. The zero-order valence-electron chi connectivity index (χ0n) is 19.6. The fourth-order valence-corrected chi connectivity index (χ4v) is 8.10. The predicted octanol–water partition coefficient (Wildman–Crippen LogP) is 2.86. The highest BCUT2D eigenvalue weighted by molar-refractivity contribution is 7.91. The van der Waals surface area contributed by atoms with E-state index in [4.69, 9.17) is 4.74 Å². The van der Waals surface area contributed by atoms with Crippen LogP contribution in [-0.4, -0.2) is 59.5 Å². The molecule has 1 aliphatic heterocycles. The first-order valence-electron chi connectivity index (χ1n) is 11.4. The molecule has 0 bridgehead atoms. The number of hydrogen-bond acceptors (Lipinski definition) is 8. The van der Waals surface area contributed by atoms with E-state index in [2.05, 4.69) is 5.32 Å². The number of amides is 1. The number of sulfone groups is 1. The van der Waals surface area contributed by atoms with Gasteiger partial charge < -0.3 is 10.1 Å². The highest BCUT2D eigenvalue weighted by Crippen LogP contribution is 2.39. The molecule has 1 aromatic carbocycles. The normalized spacial score (nSPS) is 17.5. The van der Waals surface area contributed by atoms with Gasteiger partial charge in [0, 0.05) is 30.1 Å². The van der Waals surface area contributed by atoms with E-state index >= 15 is 0 Å². The fraction of sp³-hybridized carbons (Fsp3) is 0.478. The number of nitrogens with one attached hydrogen (secondary N) is 1. The molecule has 2 aromatic rings. The van der Waals surface area contributed by atoms with E-state index in [-0.39, 0.29) is 28.8 Å². The number of anilines is 1. The number of thiophene rings is 1. The Balaban J connectivity index is 1.46. The van der Waals surface area contributed by atoms with Gasteiger partial charge in [-0.05, 0) is 62.3 Å². The van der Waals surface area contributed by atoms with Crippen LogP contribution in [0.4, 0.5) is 5.00 Å². The molecule has 2 aliphatic rings. The van der Waals surface area contributed by atoms with Crippen LogP contribution >= 0.6 is 11.3 Å². The standard InChI is InChI=1S/C23H28N2O7S3/c1-32-23(27)20-18-8-3-4-9-19(18)33-22(20)24-21(26)15-10-12-25(13-11-15)35(30,31)17-7-5-6-16(14-17)34(2,28)29/h5-7,14-15H,3-4,8-13H2,1-2H3,(H,24,26). The van der Waals surface area contributed by atoms with Crippen molar-refractivity contribution in [2.45, 2.75) is 48.3 Å². The van der Waals surface area contributed by atoms with Crippen LogP contribution in [0.25, 0.3) is 0 Å². The van der Waals surface area contributed by atoms with Crippen LogP contribution in [0.15, 0.2) is 34.1 Å². The van der Waals surface area contributed by atoms with Gasteiger partial charge in [0.1, 0.15) is 5.00 Å². The molecule has 1 saturated heterocycles. The second-order valence-electron chi connectivity index (χ2n) is 8.82. The van der Waals surface area contributed by atoms with Crippen LogP contribution in [-0.2, 0) is 42.2 Å². The summed E-state index contributed by atoms with van der Waals surface area (Å²) in [6.45, 7) is 0.267. The molecule has 1 amide bonds. The van der Waals surface area contributed by atoms with Gasteiger partial charge in [-0.2, -0.15) is 4.31 Å². The van der Waals surface area contributed by atoms with E-state index in [1.807, 2.05) is 0 Å². The Bertz CT molecular complexity index is 1360. The van der Waals surface area contributed by atoms with Gasteiger partial charge in [0.05, 0.1) is 22.5 Å². The summed E-state index contributed by atoms with van der Waals surface area (Å²) in [6, 6.07) is 5.30. The summed E-state index contributed by atoms with van der Waals surface area (Å²) in [5, 5.41) is 3.41. The first kappa shape index (κ1) is 25.8. The second-order valence-corrected chi connectivity index (χ2v) is 13.9. The number of hydrogen-bond donors (Lipinski definition) is 1. The third-order valence-electron chi connectivity index (χ3n) is 6.49. The number of benzene rings is 1. The summed E-state index contributed by atoms with van der Waals surface area (Å²) in [7, 11) is -6.12. The Morgan fingerprint density at radius 3 is 2.37 bits per heavy atom. The minimum Gasteiger partial charge on any atom is -0.465 e. The number of carbonyl (C=O) groups is 2. The minimum atomic E-state index is -3.90. The van der Waals surface area contributed by atoms with Crippen molar-refractivity contribution in [3.05, 3.63) is 40.3 Å². The van der Waals surface area contributed by atoms with Crippen molar-refractivity contribution in [2.75, 3.05) is 31.8 Å². The molecule has 0 spiro atoms. The van der Waals surface area contributed by atoms with E-state index in [9.17, 15) is 26.4 Å². The Morgan fingerprint density at radius 2 is 1.71 bits per heavy atom. The van der Waals surface area contributed by atoms with Gasteiger partial charge >= 0.3 is 5.97 Å². The van der Waals surface area contributed by atoms with Gasteiger partial charge in [-0.25, -0.2) is 21.6 Å². The zero-order valence-corrected chi connectivity index (χ0v) is 22.0. The largest absolute Gasteiger partial charge is 0.465 e. The minimum absolute atomic E-state index is 0.0621. The third-order valence-corrected chi connectivity index (χ3v) is 10.7. The van der Waals surface area contributed by atoms with Gasteiger partial charge in [-0.15, -0.1) is 11.3 Å². The summed E-state index contributed by atoms with van der Waals surface area (Å²) >= 11 is 1.42. The van der Waals surface area contributed by atoms with E-state index in [1.165, 1.54) is 41.0 Å². The Hall–Kier alpha value is -2.28. The highest BCUT2D eigenvalue weighted by Gasteiger charge is 2.34.